The van der Waals surface area contributed by atoms with Gasteiger partial charge in [-0.1, -0.05) is 22.8 Å². The number of rotatable bonds is 6. The highest BCUT2D eigenvalue weighted by Crippen LogP contribution is 2.17. The summed E-state index contributed by atoms with van der Waals surface area (Å²) < 4.78 is 10.6. The molecular formula is C10H24O2Si4. The topological polar surface area (TPSA) is 18.5 Å². The molecule has 2 nitrogen and oxygen atoms in total. The predicted octanol–water partition coefficient (Wildman–Crippen LogP) is 0.618. The van der Waals surface area contributed by atoms with E-state index in [0.717, 1.165) is 21.0 Å². The van der Waals surface area contributed by atoms with Crippen molar-refractivity contribution in [2.24, 2.45) is 0 Å². The highest BCUT2D eigenvalue weighted by molar-refractivity contribution is 6.94. The first-order valence-electron chi connectivity index (χ1n) is 5.01. The quantitative estimate of drug-likeness (QED) is 0.667. The third kappa shape index (κ3) is 7.09. The lowest BCUT2D eigenvalue weighted by Gasteiger charge is -2.30. The molecule has 0 aliphatic rings. The molecule has 0 N–H and O–H groups in total. The highest BCUT2D eigenvalue weighted by Gasteiger charge is 2.31. The van der Waals surface area contributed by atoms with Crippen LogP contribution in [0.25, 0.3) is 0 Å². The molecule has 0 unspecified atom stereocenters. The molecule has 92 valence electrons. The molecule has 0 aliphatic carbocycles. The van der Waals surface area contributed by atoms with Crippen molar-refractivity contribution in [3.05, 3.63) is 49.1 Å². The first kappa shape index (κ1) is 18.1. The molecule has 0 aromatic heterocycles. The van der Waals surface area contributed by atoms with E-state index in [1.807, 2.05) is 22.8 Å². The van der Waals surface area contributed by atoms with Crippen LogP contribution in [0, 0.1) is 0 Å². The van der Waals surface area contributed by atoms with Crippen LogP contribution in [-0.4, -0.2) is 37.6 Å². The van der Waals surface area contributed by atoms with Gasteiger partial charge in [-0.05, 0) is 13.1 Å². The molecule has 0 amide bonds. The summed E-state index contributed by atoms with van der Waals surface area (Å²) >= 11 is 0. The second kappa shape index (κ2) is 8.85. The maximum absolute atomic E-state index is 6.03. The van der Waals surface area contributed by atoms with Gasteiger partial charge in [0.05, 0.1) is 0 Å². The van der Waals surface area contributed by atoms with E-state index in [4.69, 9.17) is 4.12 Å². The average molecular weight is 289 g/mol. The standard InChI is InChI=1S/C10H18OSi2.H6OSi2/c1-7-12(5,8-2)11-13(6,9-3)10-4;2-1-3/h7-10H,1-4H2,5-6H3;2-3H3. The Morgan fingerprint density at radius 2 is 1.00 bits per heavy atom. The van der Waals surface area contributed by atoms with E-state index in [1.54, 1.807) is 0 Å². The SMILES string of the molecule is C=C[Si](C)(C=C)O[Si](C)(C=C)C=C.[SiH3]O[SiH3]. The van der Waals surface area contributed by atoms with Gasteiger partial charge < -0.3 is 8.23 Å². The zero-order valence-corrected chi connectivity index (χ0v) is 17.0. The summed E-state index contributed by atoms with van der Waals surface area (Å²) in [5, 5.41) is 0. The van der Waals surface area contributed by atoms with Crippen LogP contribution < -0.4 is 0 Å². The largest absolute Gasteiger partial charge is 0.471 e. The summed E-state index contributed by atoms with van der Waals surface area (Å²) in [5.41, 5.74) is 7.49. The lowest BCUT2D eigenvalue weighted by Crippen LogP contribution is -2.43. The summed E-state index contributed by atoms with van der Waals surface area (Å²) in [7, 11) is -1.99. The normalized spacial score (nSPS) is 11.1. The fraction of sp³-hybridized carbons (Fsp3) is 0.200. The molecule has 0 spiro atoms. The predicted molar refractivity (Wildman–Crippen MR) is 86.1 cm³/mol. The molecule has 0 atom stereocenters. The number of hydrogen-bond acceptors (Lipinski definition) is 2. The van der Waals surface area contributed by atoms with Crippen LogP contribution in [0.15, 0.2) is 49.1 Å². The van der Waals surface area contributed by atoms with Gasteiger partial charge in [-0.3, -0.25) is 0 Å². The average Bonchev–Trinajstić information content (AvgIpc) is 2.30. The van der Waals surface area contributed by atoms with Crippen LogP contribution in [0.4, 0.5) is 0 Å². The van der Waals surface area contributed by atoms with Gasteiger partial charge in [0.15, 0.2) is 0 Å². The Hall–Kier alpha value is -0.252. The highest BCUT2D eigenvalue weighted by atomic mass is 28.4. The van der Waals surface area contributed by atoms with Gasteiger partial charge in [-0.15, -0.1) is 26.3 Å². The molecule has 0 saturated carbocycles. The molecule has 16 heavy (non-hydrogen) atoms. The Bertz CT molecular complexity index is 213. The Morgan fingerprint density at radius 3 is 1.12 bits per heavy atom. The van der Waals surface area contributed by atoms with E-state index in [0.29, 0.717) is 0 Å². The van der Waals surface area contributed by atoms with Gasteiger partial charge in [-0.2, -0.15) is 0 Å². The maximum Gasteiger partial charge on any atom is 0.226 e. The van der Waals surface area contributed by atoms with Crippen LogP contribution in [-0.2, 0) is 8.23 Å². The molecule has 0 aliphatic heterocycles. The van der Waals surface area contributed by atoms with Crippen molar-refractivity contribution < 1.29 is 8.23 Å². The van der Waals surface area contributed by atoms with Crippen molar-refractivity contribution in [1.29, 1.82) is 0 Å². The second-order valence-electron chi connectivity index (χ2n) is 3.69. The lowest BCUT2D eigenvalue weighted by molar-refractivity contribution is 0.583. The zero-order valence-electron chi connectivity index (χ0n) is 11.0. The zero-order chi connectivity index (χ0) is 13.2. The number of hydrogen-bond donors (Lipinski definition) is 0. The fourth-order valence-electron chi connectivity index (χ4n) is 0.807. The molecule has 0 aromatic carbocycles. The van der Waals surface area contributed by atoms with Gasteiger partial charge in [0, 0.05) is 0 Å². The molecule has 0 rings (SSSR count). The van der Waals surface area contributed by atoms with E-state index in [9.17, 15) is 0 Å². The third-order valence-corrected chi connectivity index (χ3v) is 8.82. The van der Waals surface area contributed by atoms with Crippen molar-refractivity contribution in [3.8, 4) is 0 Å². The van der Waals surface area contributed by atoms with Crippen molar-refractivity contribution in [2.75, 3.05) is 0 Å². The minimum Gasteiger partial charge on any atom is -0.471 e. The van der Waals surface area contributed by atoms with E-state index in [-0.39, 0.29) is 0 Å². The Kier molecular flexibility index (Phi) is 10.0. The molecule has 0 saturated heterocycles. The first-order valence-corrected chi connectivity index (χ1v) is 11.8. The fourth-order valence-corrected chi connectivity index (χ4v) is 6.26. The van der Waals surface area contributed by atoms with E-state index < -0.39 is 16.6 Å². The lowest BCUT2D eigenvalue weighted by atomic mass is 11.2. The molecule has 6 heteroatoms. The molecule has 0 radical (unpaired) electrons. The van der Waals surface area contributed by atoms with Gasteiger partial charge >= 0.3 is 0 Å². The summed E-state index contributed by atoms with van der Waals surface area (Å²) in [6.45, 7) is 19.2. The van der Waals surface area contributed by atoms with E-state index in [1.165, 1.54) is 0 Å². The summed E-state index contributed by atoms with van der Waals surface area (Å²) in [6, 6.07) is 0. The summed E-state index contributed by atoms with van der Waals surface area (Å²) in [5.74, 6) is 0. The van der Waals surface area contributed by atoms with Crippen molar-refractivity contribution in [3.63, 3.8) is 0 Å². The van der Waals surface area contributed by atoms with Gasteiger partial charge in [0.1, 0.15) is 21.0 Å². The summed E-state index contributed by atoms with van der Waals surface area (Å²) in [4.78, 5) is 0. The van der Waals surface area contributed by atoms with Gasteiger partial charge in [-0.25, -0.2) is 0 Å². The van der Waals surface area contributed by atoms with Crippen molar-refractivity contribution in [1.82, 2.24) is 0 Å². The van der Waals surface area contributed by atoms with Crippen LogP contribution in [0.5, 0.6) is 0 Å². The minimum absolute atomic E-state index is 0.931. The molecule has 0 fully saturated rings. The van der Waals surface area contributed by atoms with Gasteiger partial charge in [0.2, 0.25) is 16.6 Å². The van der Waals surface area contributed by atoms with Gasteiger partial charge in [0.25, 0.3) is 0 Å². The molecule has 0 aromatic rings. The Morgan fingerprint density at radius 1 is 0.812 bits per heavy atom. The van der Waals surface area contributed by atoms with Crippen LogP contribution in [0.2, 0.25) is 13.1 Å². The third-order valence-electron chi connectivity index (χ3n) is 2.06. The second-order valence-corrected chi connectivity index (χ2v) is 14.1. The Balaban J connectivity index is 0. The van der Waals surface area contributed by atoms with Crippen LogP contribution in [0.3, 0.4) is 0 Å². The van der Waals surface area contributed by atoms with Crippen molar-refractivity contribution >= 4 is 37.6 Å². The Labute approximate surface area is 108 Å². The minimum atomic E-state index is -1.93. The van der Waals surface area contributed by atoms with E-state index >= 15 is 0 Å². The maximum atomic E-state index is 6.03. The monoisotopic (exact) mass is 288 g/mol. The first-order chi connectivity index (χ1) is 7.36. The molecular weight excluding hydrogens is 264 g/mol. The molecule has 0 bridgehead atoms. The van der Waals surface area contributed by atoms with Crippen LogP contribution in [0.1, 0.15) is 0 Å². The van der Waals surface area contributed by atoms with Crippen LogP contribution >= 0.6 is 0 Å². The van der Waals surface area contributed by atoms with E-state index in [2.05, 4.69) is 43.5 Å². The summed E-state index contributed by atoms with van der Waals surface area (Å²) in [6.07, 6.45) is 0. The smallest absolute Gasteiger partial charge is 0.226 e. The molecule has 0 heterocycles. The van der Waals surface area contributed by atoms with Crippen molar-refractivity contribution in [2.45, 2.75) is 13.1 Å².